The van der Waals surface area contributed by atoms with Gasteiger partial charge in [0.25, 0.3) is 0 Å². The number of hydrogen-bond donors (Lipinski definition) is 1. The lowest BCUT2D eigenvalue weighted by Gasteiger charge is -2.32. The van der Waals surface area contributed by atoms with Gasteiger partial charge in [-0.25, -0.2) is 0 Å². The maximum atomic E-state index is 13.3. The maximum absolute atomic E-state index is 13.3. The maximum Gasteiger partial charge on any atom is 0.242 e. The van der Waals surface area contributed by atoms with E-state index in [1.54, 1.807) is 30.0 Å². The van der Waals surface area contributed by atoms with Crippen molar-refractivity contribution in [1.82, 2.24) is 10.2 Å². The van der Waals surface area contributed by atoms with E-state index in [0.717, 1.165) is 22.3 Å². The van der Waals surface area contributed by atoms with Crippen LogP contribution in [0.5, 0.6) is 0 Å². The molecule has 0 bridgehead atoms. The zero-order chi connectivity index (χ0) is 22.6. The summed E-state index contributed by atoms with van der Waals surface area (Å²) in [5.74, 6) is -0.344. The van der Waals surface area contributed by atoms with Crippen molar-refractivity contribution in [1.29, 1.82) is 0 Å². The second kappa shape index (κ2) is 9.84. The third-order valence-corrected chi connectivity index (χ3v) is 5.25. The number of halogens is 2. The summed E-state index contributed by atoms with van der Waals surface area (Å²) in [4.78, 5) is 27.7. The first kappa shape index (κ1) is 24.2. The van der Waals surface area contributed by atoms with Crippen LogP contribution in [0.15, 0.2) is 36.4 Å². The Morgan fingerprint density at radius 3 is 2.17 bits per heavy atom. The van der Waals surface area contributed by atoms with Crippen LogP contribution in [0, 0.1) is 13.8 Å². The molecule has 6 heteroatoms. The topological polar surface area (TPSA) is 49.4 Å². The smallest absolute Gasteiger partial charge is 0.242 e. The average Bonchev–Trinajstić information content (AvgIpc) is 2.58. The molecular weight excluding hydrogens is 419 g/mol. The van der Waals surface area contributed by atoms with Crippen LogP contribution in [0.1, 0.15) is 49.9 Å². The minimum Gasteiger partial charge on any atom is -0.350 e. The molecule has 0 saturated carbocycles. The van der Waals surface area contributed by atoms with Crippen LogP contribution in [0.3, 0.4) is 0 Å². The van der Waals surface area contributed by atoms with Crippen molar-refractivity contribution in [3.05, 3.63) is 68.7 Å². The van der Waals surface area contributed by atoms with Crippen LogP contribution in [0.25, 0.3) is 0 Å². The van der Waals surface area contributed by atoms with Crippen molar-refractivity contribution in [2.45, 2.75) is 66.1 Å². The van der Waals surface area contributed by atoms with Gasteiger partial charge in [-0.2, -0.15) is 0 Å². The lowest BCUT2D eigenvalue weighted by atomic mass is 10.0. The second-order valence-corrected chi connectivity index (χ2v) is 9.69. The summed E-state index contributed by atoms with van der Waals surface area (Å²) in [6, 6.07) is 10.6. The van der Waals surface area contributed by atoms with Crippen molar-refractivity contribution in [2.24, 2.45) is 0 Å². The molecule has 0 aromatic heterocycles. The Bertz CT molecular complexity index is 915. The first-order valence-corrected chi connectivity index (χ1v) is 10.7. The highest BCUT2D eigenvalue weighted by Crippen LogP contribution is 2.24. The molecule has 30 heavy (non-hydrogen) atoms. The molecule has 2 amide bonds. The minimum atomic E-state index is -0.658. The molecule has 0 aliphatic carbocycles. The lowest BCUT2D eigenvalue weighted by Crippen LogP contribution is -2.52. The summed E-state index contributed by atoms with van der Waals surface area (Å²) in [6.45, 7) is 11.7. The van der Waals surface area contributed by atoms with Crippen LogP contribution in [-0.4, -0.2) is 28.3 Å². The molecular formula is C24H30Cl2N2O2. The third-order valence-electron chi connectivity index (χ3n) is 4.66. The van der Waals surface area contributed by atoms with E-state index in [9.17, 15) is 9.59 Å². The van der Waals surface area contributed by atoms with Crippen molar-refractivity contribution >= 4 is 35.0 Å². The highest BCUT2D eigenvalue weighted by molar-refractivity contribution is 6.35. The number of rotatable bonds is 6. The standard InChI is InChI=1S/C24H30Cl2N2O2/c1-15-9-16(2)11-18(10-15)12-22(29)28(17(3)23(30)27-24(4,5)6)14-19-7-8-20(25)13-21(19)26/h7-11,13,17H,12,14H2,1-6H3,(H,27,30)/t17-/m1/s1. The SMILES string of the molecule is Cc1cc(C)cc(CC(=O)N(Cc2ccc(Cl)cc2Cl)[C@H](C)C(=O)NC(C)(C)C)c1. The predicted molar refractivity (Wildman–Crippen MR) is 124 cm³/mol. The highest BCUT2D eigenvalue weighted by Gasteiger charge is 2.29. The van der Waals surface area contributed by atoms with E-state index in [1.807, 2.05) is 46.8 Å². The molecule has 0 saturated heterocycles. The number of nitrogens with zero attached hydrogens (tertiary/aromatic N) is 1. The number of hydrogen-bond acceptors (Lipinski definition) is 2. The van der Waals surface area contributed by atoms with Crippen molar-refractivity contribution < 1.29 is 9.59 Å². The summed E-state index contributed by atoms with van der Waals surface area (Å²) >= 11 is 12.4. The van der Waals surface area contributed by atoms with Crippen LogP contribution in [-0.2, 0) is 22.6 Å². The molecule has 2 aromatic carbocycles. The molecule has 0 aliphatic rings. The zero-order valence-corrected chi connectivity index (χ0v) is 20.0. The molecule has 0 aliphatic heterocycles. The molecule has 4 nitrogen and oxygen atoms in total. The first-order chi connectivity index (χ1) is 13.9. The Balaban J connectivity index is 2.33. The van der Waals surface area contributed by atoms with Crippen molar-refractivity contribution in [3.63, 3.8) is 0 Å². The van der Waals surface area contributed by atoms with E-state index in [1.165, 1.54) is 0 Å². The van der Waals surface area contributed by atoms with Gasteiger partial charge in [0, 0.05) is 22.1 Å². The van der Waals surface area contributed by atoms with Gasteiger partial charge < -0.3 is 10.2 Å². The number of nitrogens with one attached hydrogen (secondary N) is 1. The Labute approximate surface area is 189 Å². The van der Waals surface area contributed by atoms with Gasteiger partial charge in [-0.15, -0.1) is 0 Å². The molecule has 2 rings (SSSR count). The third kappa shape index (κ3) is 7.03. The van der Waals surface area contributed by atoms with Crippen LogP contribution >= 0.6 is 23.2 Å². The fourth-order valence-corrected chi connectivity index (χ4v) is 3.81. The number of carbonyl (C=O) groups is 2. The Hall–Kier alpha value is -2.04. The van der Waals surface area contributed by atoms with Gasteiger partial charge in [0.2, 0.25) is 11.8 Å². The van der Waals surface area contributed by atoms with E-state index in [4.69, 9.17) is 23.2 Å². The Morgan fingerprint density at radius 1 is 1.03 bits per heavy atom. The van der Waals surface area contributed by atoms with Gasteiger partial charge in [0.15, 0.2) is 0 Å². The molecule has 0 fully saturated rings. The number of carbonyl (C=O) groups excluding carboxylic acids is 2. The van der Waals surface area contributed by atoms with Gasteiger partial charge in [-0.05, 0) is 64.8 Å². The fraction of sp³-hybridized carbons (Fsp3) is 0.417. The predicted octanol–water partition coefficient (Wildman–Crippen LogP) is 5.48. The van der Waals surface area contributed by atoms with Crippen molar-refractivity contribution in [3.8, 4) is 0 Å². The summed E-state index contributed by atoms with van der Waals surface area (Å²) in [7, 11) is 0. The number of aryl methyl sites for hydroxylation is 2. The summed E-state index contributed by atoms with van der Waals surface area (Å²) in [5, 5.41) is 3.95. The van der Waals surface area contributed by atoms with Gasteiger partial charge in [-0.3, -0.25) is 9.59 Å². The summed E-state index contributed by atoms with van der Waals surface area (Å²) in [5.41, 5.74) is 3.47. The van der Waals surface area contributed by atoms with Crippen LogP contribution < -0.4 is 5.32 Å². The quantitative estimate of drug-likeness (QED) is 0.635. The number of benzene rings is 2. The molecule has 0 radical (unpaired) electrons. The van der Waals surface area contributed by atoms with E-state index in [2.05, 4.69) is 11.4 Å². The normalized spacial score (nSPS) is 12.4. The average molecular weight is 449 g/mol. The zero-order valence-electron chi connectivity index (χ0n) is 18.5. The molecule has 1 atom stereocenters. The summed E-state index contributed by atoms with van der Waals surface area (Å²) < 4.78 is 0. The Kier molecular flexibility index (Phi) is 7.95. The second-order valence-electron chi connectivity index (χ2n) is 8.85. The fourth-order valence-electron chi connectivity index (χ4n) is 3.34. The van der Waals surface area contributed by atoms with E-state index < -0.39 is 11.6 Å². The molecule has 2 aromatic rings. The first-order valence-electron chi connectivity index (χ1n) is 9.98. The molecule has 0 unspecified atom stereocenters. The summed E-state index contributed by atoms with van der Waals surface area (Å²) in [6.07, 6.45) is 0.209. The van der Waals surface area contributed by atoms with Gasteiger partial charge in [-0.1, -0.05) is 58.6 Å². The largest absolute Gasteiger partial charge is 0.350 e. The Morgan fingerprint density at radius 2 is 1.63 bits per heavy atom. The highest BCUT2D eigenvalue weighted by atomic mass is 35.5. The van der Waals surface area contributed by atoms with Gasteiger partial charge in [0.05, 0.1) is 6.42 Å². The van der Waals surface area contributed by atoms with E-state index in [0.29, 0.717) is 10.0 Å². The number of amides is 2. The molecule has 1 N–H and O–H groups in total. The van der Waals surface area contributed by atoms with Crippen molar-refractivity contribution in [2.75, 3.05) is 0 Å². The van der Waals surface area contributed by atoms with Crippen LogP contribution in [0.2, 0.25) is 10.0 Å². The minimum absolute atomic E-state index is 0.137. The van der Waals surface area contributed by atoms with Gasteiger partial charge >= 0.3 is 0 Å². The van der Waals surface area contributed by atoms with Gasteiger partial charge in [0.1, 0.15) is 6.04 Å². The monoisotopic (exact) mass is 448 g/mol. The van der Waals surface area contributed by atoms with Crippen LogP contribution in [0.4, 0.5) is 0 Å². The van der Waals surface area contributed by atoms with E-state index >= 15 is 0 Å². The molecule has 162 valence electrons. The molecule has 0 heterocycles. The lowest BCUT2D eigenvalue weighted by molar-refractivity contribution is -0.140. The van der Waals surface area contributed by atoms with E-state index in [-0.39, 0.29) is 24.8 Å². The molecule has 0 spiro atoms.